The third kappa shape index (κ3) is 5.92. The molecular formula is C13H19NO3. The lowest BCUT2D eigenvalue weighted by Gasteiger charge is -2.10. The first kappa shape index (κ1) is 13.5. The van der Waals surface area contributed by atoms with Crippen LogP contribution in [0.15, 0.2) is 30.3 Å². The molecule has 1 atom stereocenters. The molecule has 0 aromatic heterocycles. The molecule has 1 rings (SSSR count). The Kier molecular flexibility index (Phi) is 6.10. The fourth-order valence-electron chi connectivity index (χ4n) is 1.33. The highest BCUT2D eigenvalue weighted by atomic mass is 16.5. The molecule has 17 heavy (non-hydrogen) atoms. The van der Waals surface area contributed by atoms with Crippen molar-refractivity contribution in [1.82, 2.24) is 5.32 Å². The Hall–Kier alpha value is -1.55. The second-order valence-electron chi connectivity index (χ2n) is 3.92. The van der Waals surface area contributed by atoms with Gasteiger partial charge in [-0.15, -0.1) is 0 Å². The van der Waals surface area contributed by atoms with Crippen LogP contribution in [0.2, 0.25) is 0 Å². The van der Waals surface area contributed by atoms with E-state index in [2.05, 4.69) is 5.32 Å². The van der Waals surface area contributed by atoms with Crippen molar-refractivity contribution in [1.29, 1.82) is 0 Å². The van der Waals surface area contributed by atoms with Crippen molar-refractivity contribution in [2.75, 3.05) is 13.2 Å². The van der Waals surface area contributed by atoms with Crippen molar-refractivity contribution in [2.24, 2.45) is 0 Å². The average molecular weight is 237 g/mol. The largest absolute Gasteiger partial charge is 0.494 e. The summed E-state index contributed by atoms with van der Waals surface area (Å²) in [7, 11) is 0. The van der Waals surface area contributed by atoms with E-state index in [-0.39, 0.29) is 18.6 Å². The summed E-state index contributed by atoms with van der Waals surface area (Å²) in [6, 6.07) is 9.33. The van der Waals surface area contributed by atoms with Crippen LogP contribution in [0.25, 0.3) is 0 Å². The monoisotopic (exact) mass is 237 g/mol. The minimum atomic E-state index is -0.183. The number of para-hydroxylation sites is 1. The number of ether oxygens (including phenoxy) is 1. The van der Waals surface area contributed by atoms with Crippen LogP contribution in [0, 0.1) is 0 Å². The van der Waals surface area contributed by atoms with Gasteiger partial charge >= 0.3 is 0 Å². The highest BCUT2D eigenvalue weighted by Gasteiger charge is 2.05. The smallest absolute Gasteiger partial charge is 0.220 e. The van der Waals surface area contributed by atoms with Crippen LogP contribution >= 0.6 is 0 Å². The molecule has 0 aliphatic carbocycles. The second kappa shape index (κ2) is 7.68. The highest BCUT2D eigenvalue weighted by Crippen LogP contribution is 2.08. The Morgan fingerprint density at radius 2 is 2.12 bits per heavy atom. The molecule has 0 radical (unpaired) electrons. The van der Waals surface area contributed by atoms with Crippen LogP contribution in [-0.4, -0.2) is 30.3 Å². The van der Waals surface area contributed by atoms with E-state index in [9.17, 15) is 4.79 Å². The Balaban J connectivity index is 2.10. The quantitative estimate of drug-likeness (QED) is 0.704. The molecule has 0 fully saturated rings. The predicted octanol–water partition coefficient (Wildman–Crippen LogP) is 1.34. The van der Waals surface area contributed by atoms with Crippen LogP contribution in [0.4, 0.5) is 0 Å². The van der Waals surface area contributed by atoms with Crippen LogP contribution in [-0.2, 0) is 4.79 Å². The van der Waals surface area contributed by atoms with Gasteiger partial charge in [0, 0.05) is 12.5 Å². The lowest BCUT2D eigenvalue weighted by molar-refractivity contribution is -0.122. The standard InChI is InChI=1S/C13H19NO3/c1-11(10-15)14-13(16)8-5-9-17-12-6-3-2-4-7-12/h2-4,6-7,11,15H,5,8-10H2,1H3,(H,14,16). The molecule has 1 unspecified atom stereocenters. The molecule has 0 saturated heterocycles. The molecule has 4 heteroatoms. The van der Waals surface area contributed by atoms with Gasteiger partial charge in [-0.3, -0.25) is 4.79 Å². The molecule has 0 saturated carbocycles. The molecule has 0 aliphatic rings. The van der Waals surface area contributed by atoms with Gasteiger partial charge in [-0.25, -0.2) is 0 Å². The molecule has 0 heterocycles. The Bertz CT molecular complexity index is 327. The van der Waals surface area contributed by atoms with Gasteiger partial charge in [-0.05, 0) is 25.5 Å². The van der Waals surface area contributed by atoms with Crippen molar-refractivity contribution in [3.63, 3.8) is 0 Å². The first-order valence-corrected chi connectivity index (χ1v) is 5.80. The van der Waals surface area contributed by atoms with E-state index in [1.807, 2.05) is 30.3 Å². The zero-order valence-electron chi connectivity index (χ0n) is 10.1. The average Bonchev–Trinajstić information content (AvgIpc) is 2.36. The van der Waals surface area contributed by atoms with Crippen molar-refractivity contribution < 1.29 is 14.6 Å². The summed E-state index contributed by atoms with van der Waals surface area (Å²) in [6.07, 6.45) is 1.08. The molecule has 2 N–H and O–H groups in total. The maximum Gasteiger partial charge on any atom is 0.220 e. The van der Waals surface area contributed by atoms with E-state index in [0.29, 0.717) is 19.4 Å². The molecule has 0 aliphatic heterocycles. The maximum absolute atomic E-state index is 11.3. The molecule has 0 spiro atoms. The van der Waals surface area contributed by atoms with Gasteiger partial charge in [-0.1, -0.05) is 18.2 Å². The molecule has 94 valence electrons. The molecule has 4 nitrogen and oxygen atoms in total. The van der Waals surface area contributed by atoms with Crippen LogP contribution in [0.3, 0.4) is 0 Å². The summed E-state index contributed by atoms with van der Waals surface area (Å²) >= 11 is 0. The first-order valence-electron chi connectivity index (χ1n) is 5.80. The molecule has 1 aromatic rings. The van der Waals surface area contributed by atoms with E-state index in [4.69, 9.17) is 9.84 Å². The number of benzene rings is 1. The van der Waals surface area contributed by atoms with Gasteiger partial charge in [-0.2, -0.15) is 0 Å². The summed E-state index contributed by atoms with van der Waals surface area (Å²) in [5.74, 6) is 0.764. The van der Waals surface area contributed by atoms with Gasteiger partial charge in [0.1, 0.15) is 5.75 Å². The lowest BCUT2D eigenvalue weighted by Crippen LogP contribution is -2.34. The third-order valence-corrected chi connectivity index (χ3v) is 2.24. The van der Waals surface area contributed by atoms with Crippen molar-refractivity contribution >= 4 is 5.91 Å². The number of rotatable bonds is 7. The van der Waals surface area contributed by atoms with E-state index >= 15 is 0 Å². The Morgan fingerprint density at radius 3 is 2.76 bits per heavy atom. The third-order valence-electron chi connectivity index (χ3n) is 2.24. The number of aliphatic hydroxyl groups is 1. The molecule has 1 amide bonds. The summed E-state index contributed by atoms with van der Waals surface area (Å²) < 4.78 is 5.46. The Morgan fingerprint density at radius 1 is 1.41 bits per heavy atom. The Labute approximate surface area is 102 Å². The summed E-state index contributed by atoms with van der Waals surface area (Å²) in [5, 5.41) is 11.4. The zero-order valence-corrected chi connectivity index (χ0v) is 10.1. The lowest BCUT2D eigenvalue weighted by atomic mass is 10.2. The van der Waals surface area contributed by atoms with E-state index < -0.39 is 0 Å². The number of carbonyl (C=O) groups is 1. The molecule has 0 bridgehead atoms. The number of aliphatic hydroxyl groups excluding tert-OH is 1. The maximum atomic E-state index is 11.3. The number of hydrogen-bond acceptors (Lipinski definition) is 3. The van der Waals surface area contributed by atoms with Gasteiger partial charge in [0.05, 0.1) is 13.2 Å². The zero-order chi connectivity index (χ0) is 12.5. The first-order chi connectivity index (χ1) is 8.22. The van der Waals surface area contributed by atoms with Crippen molar-refractivity contribution in [3.05, 3.63) is 30.3 Å². The van der Waals surface area contributed by atoms with Crippen LogP contribution in [0.1, 0.15) is 19.8 Å². The van der Waals surface area contributed by atoms with E-state index in [1.54, 1.807) is 6.92 Å². The van der Waals surface area contributed by atoms with Crippen LogP contribution in [0.5, 0.6) is 5.75 Å². The molecule has 1 aromatic carbocycles. The number of hydrogen-bond donors (Lipinski definition) is 2. The molecular weight excluding hydrogens is 218 g/mol. The minimum Gasteiger partial charge on any atom is -0.494 e. The topological polar surface area (TPSA) is 58.6 Å². The van der Waals surface area contributed by atoms with Crippen LogP contribution < -0.4 is 10.1 Å². The fraction of sp³-hybridized carbons (Fsp3) is 0.462. The SMILES string of the molecule is CC(CO)NC(=O)CCCOc1ccccc1. The fourth-order valence-corrected chi connectivity index (χ4v) is 1.33. The van der Waals surface area contributed by atoms with Gasteiger partial charge in [0.2, 0.25) is 5.91 Å². The normalized spacial score (nSPS) is 11.9. The van der Waals surface area contributed by atoms with Crippen molar-refractivity contribution in [2.45, 2.75) is 25.8 Å². The summed E-state index contributed by atoms with van der Waals surface area (Å²) in [6.45, 7) is 2.25. The second-order valence-corrected chi connectivity index (χ2v) is 3.92. The number of nitrogens with one attached hydrogen (secondary N) is 1. The van der Waals surface area contributed by atoms with Gasteiger partial charge < -0.3 is 15.2 Å². The number of carbonyl (C=O) groups excluding carboxylic acids is 1. The van der Waals surface area contributed by atoms with Gasteiger partial charge in [0.15, 0.2) is 0 Å². The highest BCUT2D eigenvalue weighted by molar-refractivity contribution is 5.76. The summed E-state index contributed by atoms with van der Waals surface area (Å²) in [5.41, 5.74) is 0. The van der Waals surface area contributed by atoms with E-state index in [1.165, 1.54) is 0 Å². The van der Waals surface area contributed by atoms with Crippen molar-refractivity contribution in [3.8, 4) is 5.75 Å². The minimum absolute atomic E-state index is 0.0355. The number of amides is 1. The van der Waals surface area contributed by atoms with Gasteiger partial charge in [0.25, 0.3) is 0 Å². The summed E-state index contributed by atoms with van der Waals surface area (Å²) in [4.78, 5) is 11.3. The van der Waals surface area contributed by atoms with E-state index in [0.717, 1.165) is 5.75 Å². The predicted molar refractivity (Wildman–Crippen MR) is 65.9 cm³/mol.